The highest BCUT2D eigenvalue weighted by atomic mass is 32.2. The van der Waals surface area contributed by atoms with Gasteiger partial charge in [0.15, 0.2) is 0 Å². The van der Waals surface area contributed by atoms with E-state index in [1.54, 1.807) is 0 Å². The van der Waals surface area contributed by atoms with Gasteiger partial charge in [0.1, 0.15) is 12.4 Å². The van der Waals surface area contributed by atoms with E-state index in [0.717, 1.165) is 27.8 Å². The minimum atomic E-state index is -3.60. The summed E-state index contributed by atoms with van der Waals surface area (Å²) in [6.45, 7) is 0.820. The summed E-state index contributed by atoms with van der Waals surface area (Å²) >= 11 is 0. The van der Waals surface area contributed by atoms with Gasteiger partial charge in [-0.3, -0.25) is 4.79 Å². The minimum Gasteiger partial charge on any atom is -0.489 e. The molecular weight excluding hydrogens is 424 g/mol. The molecule has 0 fully saturated rings. The van der Waals surface area contributed by atoms with Crippen molar-refractivity contribution in [2.24, 2.45) is 0 Å². The van der Waals surface area contributed by atoms with Gasteiger partial charge in [-0.05, 0) is 34.9 Å². The number of benzene rings is 3. The Morgan fingerprint density at radius 2 is 1.56 bits per heavy atom. The smallest absolute Gasteiger partial charge is 0.233 e. The van der Waals surface area contributed by atoms with Crippen molar-refractivity contribution in [3.05, 3.63) is 107 Å². The highest BCUT2D eigenvalue weighted by Gasteiger charge is 2.07. The van der Waals surface area contributed by atoms with E-state index in [4.69, 9.17) is 4.74 Å². The Hall–Kier alpha value is -3.42. The first-order chi connectivity index (χ1) is 15.5. The first-order valence-electron chi connectivity index (χ1n) is 10.3. The Bertz CT molecular complexity index is 1130. The molecule has 32 heavy (non-hydrogen) atoms. The Balaban J connectivity index is 1.39. The third-order valence-electron chi connectivity index (χ3n) is 4.52. The molecule has 0 saturated heterocycles. The van der Waals surface area contributed by atoms with Crippen LogP contribution in [0.4, 0.5) is 0 Å². The molecule has 2 N–H and O–H groups in total. The minimum absolute atomic E-state index is 0.0260. The molecule has 0 unspecified atom stereocenters. The highest BCUT2D eigenvalue weighted by molar-refractivity contribution is 7.92. The summed E-state index contributed by atoms with van der Waals surface area (Å²) in [4.78, 5) is 12.1. The van der Waals surface area contributed by atoms with Crippen LogP contribution in [0.25, 0.3) is 6.08 Å². The van der Waals surface area contributed by atoms with E-state index in [2.05, 4.69) is 10.0 Å². The first kappa shape index (κ1) is 23.2. The van der Waals surface area contributed by atoms with Gasteiger partial charge in [0.25, 0.3) is 0 Å². The molecule has 0 aliphatic heterocycles. The fourth-order valence-corrected chi connectivity index (χ4v) is 3.71. The summed E-state index contributed by atoms with van der Waals surface area (Å²) in [7, 11) is -3.60. The lowest BCUT2D eigenvalue weighted by atomic mass is 10.1. The lowest BCUT2D eigenvalue weighted by molar-refractivity contribution is -0.121. The predicted molar refractivity (Wildman–Crippen MR) is 126 cm³/mol. The van der Waals surface area contributed by atoms with E-state index in [0.29, 0.717) is 13.2 Å². The summed E-state index contributed by atoms with van der Waals surface area (Å²) in [6.07, 6.45) is 1.56. The van der Waals surface area contributed by atoms with Gasteiger partial charge in [-0.15, -0.1) is 0 Å². The van der Waals surface area contributed by atoms with E-state index >= 15 is 0 Å². The van der Waals surface area contributed by atoms with Crippen LogP contribution in [0, 0.1) is 0 Å². The maximum atomic E-state index is 12.1. The molecule has 3 rings (SSSR count). The fraction of sp³-hybridized carbons (Fsp3) is 0.160. The topological polar surface area (TPSA) is 84.5 Å². The molecule has 3 aromatic rings. The first-order valence-corrected chi connectivity index (χ1v) is 11.8. The number of ether oxygens (including phenoxy) is 1. The Labute approximate surface area is 189 Å². The molecule has 0 spiro atoms. The quantitative estimate of drug-likeness (QED) is 0.465. The van der Waals surface area contributed by atoms with E-state index < -0.39 is 10.0 Å². The normalized spacial score (nSPS) is 11.4. The van der Waals surface area contributed by atoms with Crippen molar-refractivity contribution in [1.29, 1.82) is 0 Å². The molecule has 1 amide bonds. The molecule has 0 atom stereocenters. The summed E-state index contributed by atoms with van der Waals surface area (Å²) in [5.74, 6) is 0.568. The summed E-state index contributed by atoms with van der Waals surface area (Å²) < 4.78 is 32.2. The molecule has 7 heteroatoms. The molecule has 0 heterocycles. The van der Waals surface area contributed by atoms with Gasteiger partial charge in [-0.1, -0.05) is 72.8 Å². The Kier molecular flexibility index (Phi) is 8.60. The third kappa shape index (κ3) is 8.37. The maximum absolute atomic E-state index is 12.1. The Morgan fingerprint density at radius 1 is 0.875 bits per heavy atom. The van der Waals surface area contributed by atoms with E-state index in [-0.39, 0.29) is 18.9 Å². The summed E-state index contributed by atoms with van der Waals surface area (Å²) in [5, 5.41) is 3.91. The van der Waals surface area contributed by atoms with Crippen LogP contribution in [0.3, 0.4) is 0 Å². The molecule has 3 aromatic carbocycles. The second-order valence-electron chi connectivity index (χ2n) is 7.10. The largest absolute Gasteiger partial charge is 0.489 e. The van der Waals surface area contributed by atoms with Crippen LogP contribution in [-0.2, 0) is 28.0 Å². The number of amides is 1. The molecule has 0 aliphatic carbocycles. The third-order valence-corrected chi connectivity index (χ3v) is 5.63. The van der Waals surface area contributed by atoms with Crippen LogP contribution in [-0.4, -0.2) is 20.9 Å². The standard InChI is InChI=1S/C25H26N2O4S/c28-25(14-16-27-32(29,30)17-15-21-8-3-1-4-9-21)26-19-22-10-7-11-23(18-22)20-31-24-12-5-2-6-13-24/h1-13,15,17-18,27H,14,16,19-20H2,(H,26,28)/b17-15+. The monoisotopic (exact) mass is 450 g/mol. The van der Waals surface area contributed by atoms with Gasteiger partial charge in [0.05, 0.1) is 0 Å². The van der Waals surface area contributed by atoms with Gasteiger partial charge < -0.3 is 10.1 Å². The SMILES string of the molecule is O=C(CCNS(=O)(=O)/C=C/c1ccccc1)NCc1cccc(COc2ccccc2)c1. The van der Waals surface area contributed by atoms with Gasteiger partial charge in [-0.25, -0.2) is 13.1 Å². The number of sulfonamides is 1. The number of carbonyl (C=O) groups is 1. The lowest BCUT2D eigenvalue weighted by Gasteiger charge is -2.09. The van der Waals surface area contributed by atoms with Crippen molar-refractivity contribution in [3.63, 3.8) is 0 Å². The second kappa shape index (κ2) is 11.8. The summed E-state index contributed by atoms with van der Waals surface area (Å²) in [5.41, 5.74) is 2.73. The van der Waals surface area contributed by atoms with E-state index in [1.807, 2.05) is 84.9 Å². The highest BCUT2D eigenvalue weighted by Crippen LogP contribution is 2.12. The second-order valence-corrected chi connectivity index (χ2v) is 8.75. The molecule has 0 radical (unpaired) electrons. The Morgan fingerprint density at radius 3 is 2.31 bits per heavy atom. The zero-order valence-electron chi connectivity index (χ0n) is 17.6. The van der Waals surface area contributed by atoms with Gasteiger partial charge in [-0.2, -0.15) is 0 Å². The van der Waals surface area contributed by atoms with E-state index in [1.165, 1.54) is 6.08 Å². The predicted octanol–water partition coefficient (Wildman–Crippen LogP) is 3.86. The van der Waals surface area contributed by atoms with Crippen LogP contribution in [0.15, 0.2) is 90.3 Å². The fourth-order valence-electron chi connectivity index (χ4n) is 2.89. The lowest BCUT2D eigenvalue weighted by Crippen LogP contribution is -2.29. The van der Waals surface area contributed by atoms with Crippen LogP contribution < -0.4 is 14.8 Å². The van der Waals surface area contributed by atoms with Gasteiger partial charge in [0.2, 0.25) is 15.9 Å². The van der Waals surface area contributed by atoms with E-state index in [9.17, 15) is 13.2 Å². The van der Waals surface area contributed by atoms with Crippen molar-refractivity contribution in [3.8, 4) is 5.75 Å². The van der Waals surface area contributed by atoms with Crippen LogP contribution in [0.5, 0.6) is 5.75 Å². The number of hydrogen-bond donors (Lipinski definition) is 2. The maximum Gasteiger partial charge on any atom is 0.233 e. The number of nitrogens with one attached hydrogen (secondary N) is 2. The molecule has 0 aliphatic rings. The summed E-state index contributed by atoms with van der Waals surface area (Å²) in [6, 6.07) is 26.5. The average molecular weight is 451 g/mol. The van der Waals surface area contributed by atoms with Crippen molar-refractivity contribution in [2.75, 3.05) is 6.54 Å². The molecule has 6 nitrogen and oxygen atoms in total. The zero-order chi connectivity index (χ0) is 22.7. The van der Waals surface area contributed by atoms with Crippen LogP contribution in [0.1, 0.15) is 23.1 Å². The van der Waals surface area contributed by atoms with Crippen LogP contribution >= 0.6 is 0 Å². The average Bonchev–Trinajstić information content (AvgIpc) is 2.82. The van der Waals surface area contributed by atoms with Gasteiger partial charge >= 0.3 is 0 Å². The van der Waals surface area contributed by atoms with Crippen molar-refractivity contribution in [1.82, 2.24) is 10.0 Å². The number of hydrogen-bond acceptors (Lipinski definition) is 4. The number of carbonyl (C=O) groups excluding carboxylic acids is 1. The zero-order valence-corrected chi connectivity index (χ0v) is 18.4. The number of rotatable bonds is 11. The van der Waals surface area contributed by atoms with Crippen molar-refractivity contribution >= 4 is 22.0 Å². The van der Waals surface area contributed by atoms with Crippen molar-refractivity contribution in [2.45, 2.75) is 19.6 Å². The molecule has 0 saturated carbocycles. The molecule has 0 aromatic heterocycles. The molecule has 166 valence electrons. The number of para-hydroxylation sites is 1. The molecule has 0 bridgehead atoms. The van der Waals surface area contributed by atoms with Gasteiger partial charge in [0, 0.05) is 24.9 Å². The van der Waals surface area contributed by atoms with Crippen LogP contribution in [0.2, 0.25) is 0 Å². The van der Waals surface area contributed by atoms with Crippen molar-refractivity contribution < 1.29 is 17.9 Å². The molecular formula is C25H26N2O4S.